The molecule has 1 aliphatic carbocycles. The lowest BCUT2D eigenvalue weighted by molar-refractivity contribution is -0.344. The molecule has 0 saturated heterocycles. The van der Waals surface area contributed by atoms with Gasteiger partial charge in [0.25, 0.3) is 0 Å². The third-order valence-electron chi connectivity index (χ3n) is 4.38. The zero-order valence-electron chi connectivity index (χ0n) is 13.8. The molecule has 28 heavy (non-hydrogen) atoms. The first-order valence-corrected chi connectivity index (χ1v) is 10.6. The molecule has 0 atom stereocenters. The van der Waals surface area contributed by atoms with E-state index >= 15 is 0 Å². The van der Waals surface area contributed by atoms with Crippen molar-refractivity contribution < 1.29 is 35.1 Å². The Morgan fingerprint density at radius 1 is 0.643 bits per heavy atom. The summed E-state index contributed by atoms with van der Waals surface area (Å²) >= 11 is 7.64. The molecule has 0 radical (unpaired) electrons. The van der Waals surface area contributed by atoms with Crippen LogP contribution < -0.4 is 0 Å². The molecule has 0 aromatic carbocycles. The second-order valence-electron chi connectivity index (χ2n) is 6.09. The van der Waals surface area contributed by atoms with Crippen LogP contribution in [0.15, 0.2) is 19.7 Å². The first-order valence-electron chi connectivity index (χ1n) is 7.36. The Morgan fingerprint density at radius 2 is 0.929 bits per heavy atom. The second kappa shape index (κ2) is 6.52. The average molecular weight is 576 g/mol. The van der Waals surface area contributed by atoms with E-state index in [2.05, 4.69) is 31.9 Å². The quantitative estimate of drug-likeness (QED) is 0.315. The molecule has 0 fully saturated rings. The second-order valence-corrected chi connectivity index (χ2v) is 11.4. The fraction of sp³-hybridized carbons (Fsp3) is 0.375. The maximum atomic E-state index is 14.8. The van der Waals surface area contributed by atoms with E-state index in [1.54, 1.807) is 0 Å². The van der Waals surface area contributed by atoms with Gasteiger partial charge in [-0.3, -0.25) is 0 Å². The van der Waals surface area contributed by atoms with E-state index in [9.17, 15) is 35.1 Å². The molecule has 0 unspecified atom stereocenters. The molecular weight excluding hydrogens is 568 g/mol. The lowest BCUT2D eigenvalue weighted by Crippen LogP contribution is -2.66. The zero-order valence-corrected chi connectivity index (χ0v) is 18.6. The van der Waals surface area contributed by atoms with Gasteiger partial charge < -0.3 is 0 Å². The molecule has 0 nitrogen and oxygen atoms in total. The summed E-state index contributed by atoms with van der Waals surface area (Å²) in [5.41, 5.74) is -4.84. The van der Waals surface area contributed by atoms with Crippen LogP contribution >= 0.6 is 54.5 Å². The van der Waals surface area contributed by atoms with Gasteiger partial charge >= 0.3 is 23.7 Å². The van der Waals surface area contributed by atoms with Gasteiger partial charge in [0.05, 0.1) is 7.57 Å². The third kappa shape index (κ3) is 2.77. The summed E-state index contributed by atoms with van der Waals surface area (Å²) < 4.78 is 116. The monoisotopic (exact) mass is 574 g/mol. The molecule has 0 bridgehead atoms. The molecule has 0 N–H and O–H groups in total. The molecular formula is C16H8Br2F8S2. The van der Waals surface area contributed by atoms with Crippen molar-refractivity contribution in [1.82, 2.24) is 0 Å². The minimum atomic E-state index is -6.30. The summed E-state index contributed by atoms with van der Waals surface area (Å²) in [6.45, 7) is 2.51. The number of halogens is 10. The van der Waals surface area contributed by atoms with Gasteiger partial charge in [-0.2, -0.15) is 35.1 Å². The molecule has 3 rings (SSSR count). The number of thiophene rings is 2. The van der Waals surface area contributed by atoms with Crippen LogP contribution in [0.5, 0.6) is 0 Å². The van der Waals surface area contributed by atoms with Crippen molar-refractivity contribution in [2.24, 2.45) is 0 Å². The van der Waals surface area contributed by atoms with Crippen LogP contribution in [0.1, 0.15) is 20.9 Å². The summed E-state index contributed by atoms with van der Waals surface area (Å²) in [4.78, 5) is 0.00521. The highest BCUT2D eigenvalue weighted by atomic mass is 79.9. The summed E-state index contributed by atoms with van der Waals surface area (Å²) in [6, 6.07) is 1.91. The Morgan fingerprint density at radius 3 is 1.14 bits per heavy atom. The average Bonchev–Trinajstić information content (AvgIpc) is 3.03. The van der Waals surface area contributed by atoms with Gasteiger partial charge in [0.2, 0.25) is 0 Å². The fourth-order valence-electron chi connectivity index (χ4n) is 3.02. The van der Waals surface area contributed by atoms with Gasteiger partial charge in [0, 0.05) is 20.9 Å². The Labute approximate surface area is 178 Å². The van der Waals surface area contributed by atoms with E-state index in [1.165, 1.54) is 13.8 Å². The van der Waals surface area contributed by atoms with Gasteiger partial charge in [-0.1, -0.05) is 0 Å². The SMILES string of the molecule is Cc1sc(Br)cc1C1=C(c2cc(Br)sc2C)C(F)(F)C(F)(F)C(F)(F)C1(F)F. The maximum Gasteiger partial charge on any atom is 0.382 e. The van der Waals surface area contributed by atoms with Gasteiger partial charge in [-0.05, 0) is 69.0 Å². The lowest BCUT2D eigenvalue weighted by Gasteiger charge is -2.44. The topological polar surface area (TPSA) is 0 Å². The summed E-state index contributed by atoms with van der Waals surface area (Å²) in [6.07, 6.45) is 0. The van der Waals surface area contributed by atoms with Crippen molar-refractivity contribution in [3.8, 4) is 0 Å². The third-order valence-corrected chi connectivity index (χ3v) is 7.48. The predicted molar refractivity (Wildman–Crippen MR) is 100 cm³/mol. The van der Waals surface area contributed by atoms with E-state index in [0.717, 1.165) is 34.8 Å². The highest BCUT2D eigenvalue weighted by molar-refractivity contribution is 9.11. The molecule has 1 aliphatic rings. The van der Waals surface area contributed by atoms with Crippen LogP contribution in [0.3, 0.4) is 0 Å². The van der Waals surface area contributed by atoms with Crippen molar-refractivity contribution >= 4 is 65.7 Å². The van der Waals surface area contributed by atoms with Gasteiger partial charge in [-0.25, -0.2) is 0 Å². The number of alkyl halides is 8. The molecule has 154 valence electrons. The Balaban J connectivity index is 2.57. The van der Waals surface area contributed by atoms with E-state index in [-0.39, 0.29) is 17.3 Å². The molecule has 0 amide bonds. The minimum Gasteiger partial charge on any atom is -0.194 e. The number of allylic oxidation sites excluding steroid dienone is 2. The molecule has 2 aromatic heterocycles. The number of hydrogen-bond acceptors (Lipinski definition) is 2. The summed E-state index contributed by atoms with van der Waals surface area (Å²) in [5, 5.41) is 0. The number of aryl methyl sites for hydroxylation is 2. The van der Waals surface area contributed by atoms with E-state index in [4.69, 9.17) is 0 Å². The molecule has 0 saturated carbocycles. The first-order chi connectivity index (χ1) is 12.6. The van der Waals surface area contributed by atoms with Crippen LogP contribution in [0.25, 0.3) is 11.1 Å². The van der Waals surface area contributed by atoms with E-state index < -0.39 is 46.0 Å². The van der Waals surface area contributed by atoms with Crippen LogP contribution in [0, 0.1) is 13.8 Å². The largest absolute Gasteiger partial charge is 0.382 e. The normalized spacial score (nSPS) is 22.6. The Hall–Kier alpha value is -0.460. The van der Waals surface area contributed by atoms with Crippen LogP contribution in [-0.4, -0.2) is 23.7 Å². The molecule has 2 aromatic rings. The van der Waals surface area contributed by atoms with E-state index in [0.29, 0.717) is 0 Å². The lowest BCUT2D eigenvalue weighted by atomic mass is 9.75. The van der Waals surface area contributed by atoms with Gasteiger partial charge in [0.1, 0.15) is 0 Å². The van der Waals surface area contributed by atoms with Crippen LogP contribution in [-0.2, 0) is 0 Å². The van der Waals surface area contributed by atoms with Crippen molar-refractivity contribution in [3.63, 3.8) is 0 Å². The van der Waals surface area contributed by atoms with Gasteiger partial charge in [-0.15, -0.1) is 22.7 Å². The predicted octanol–water partition coefficient (Wildman–Crippen LogP) is 8.42. The van der Waals surface area contributed by atoms with Crippen molar-refractivity contribution in [2.75, 3.05) is 0 Å². The van der Waals surface area contributed by atoms with Crippen LogP contribution in [0.2, 0.25) is 0 Å². The van der Waals surface area contributed by atoms with Crippen LogP contribution in [0.4, 0.5) is 35.1 Å². The van der Waals surface area contributed by atoms with Crippen molar-refractivity contribution in [2.45, 2.75) is 37.5 Å². The smallest absolute Gasteiger partial charge is 0.194 e. The Kier molecular flexibility index (Phi) is 5.17. The fourth-order valence-corrected chi connectivity index (χ4v) is 6.41. The van der Waals surface area contributed by atoms with Crippen molar-refractivity contribution in [3.05, 3.63) is 40.6 Å². The standard InChI is InChI=1S/C16H8Br2F8S2/c1-5-7(3-9(17)27-5)11-12(8-4-10(18)28-6(8)2)14(21,22)16(25,26)15(23,24)13(11,19)20/h3-4H,1-2H3. The zero-order chi connectivity index (χ0) is 21.4. The number of rotatable bonds is 2. The number of hydrogen-bond donors (Lipinski definition) is 0. The minimum absolute atomic E-state index is 0.00261. The van der Waals surface area contributed by atoms with Crippen molar-refractivity contribution in [1.29, 1.82) is 0 Å². The molecule has 0 aliphatic heterocycles. The molecule has 12 heteroatoms. The summed E-state index contributed by atoms with van der Waals surface area (Å²) in [5.74, 6) is -23.7. The summed E-state index contributed by atoms with van der Waals surface area (Å²) in [7, 11) is 0. The van der Waals surface area contributed by atoms with E-state index in [1.807, 2.05) is 0 Å². The maximum absolute atomic E-state index is 14.8. The first kappa shape index (κ1) is 22.2. The molecule has 2 heterocycles. The van der Waals surface area contributed by atoms with Gasteiger partial charge in [0.15, 0.2) is 0 Å². The highest BCUT2D eigenvalue weighted by Gasteiger charge is 2.86. The highest BCUT2D eigenvalue weighted by Crippen LogP contribution is 2.66. The Bertz CT molecular complexity index is 909. The molecule has 0 spiro atoms.